The molecule has 6 nitrogen and oxygen atoms in total. The van der Waals surface area contributed by atoms with Gasteiger partial charge in [-0.25, -0.2) is 0 Å². The van der Waals surface area contributed by atoms with E-state index >= 15 is 0 Å². The molecule has 3 aromatic rings. The van der Waals surface area contributed by atoms with Gasteiger partial charge in [-0.15, -0.1) is 0 Å². The molecule has 2 aromatic heterocycles. The summed E-state index contributed by atoms with van der Waals surface area (Å²) in [5.41, 5.74) is 2.90. The first-order chi connectivity index (χ1) is 11.6. The standard InChI is InChI=1S/C17H18ClN5O/c1-3-23-9-8-14(21-23)11-22(2)17(24)16-10-15(19-20-16)12-4-6-13(18)7-5-12/h4-10H,3,11H2,1-2H3,(H,19,20). The summed E-state index contributed by atoms with van der Waals surface area (Å²) < 4.78 is 1.84. The van der Waals surface area contributed by atoms with Crippen LogP contribution in [0.25, 0.3) is 11.3 Å². The maximum Gasteiger partial charge on any atom is 0.271 e. The summed E-state index contributed by atoms with van der Waals surface area (Å²) in [7, 11) is 1.75. The Labute approximate surface area is 145 Å². The molecule has 1 amide bonds. The lowest BCUT2D eigenvalue weighted by molar-refractivity contribution is 0.0777. The van der Waals surface area contributed by atoms with Gasteiger partial charge >= 0.3 is 0 Å². The maximum absolute atomic E-state index is 12.5. The third-order valence-electron chi connectivity index (χ3n) is 3.71. The molecule has 1 N–H and O–H groups in total. The van der Waals surface area contributed by atoms with E-state index in [1.54, 1.807) is 30.1 Å². The fraction of sp³-hybridized carbons (Fsp3) is 0.235. The van der Waals surface area contributed by atoms with E-state index in [9.17, 15) is 4.79 Å². The van der Waals surface area contributed by atoms with Gasteiger partial charge in [-0.2, -0.15) is 10.2 Å². The van der Waals surface area contributed by atoms with E-state index < -0.39 is 0 Å². The van der Waals surface area contributed by atoms with Crippen molar-refractivity contribution in [1.29, 1.82) is 0 Å². The van der Waals surface area contributed by atoms with E-state index in [-0.39, 0.29) is 5.91 Å². The van der Waals surface area contributed by atoms with Gasteiger partial charge in [0, 0.05) is 30.4 Å². The smallest absolute Gasteiger partial charge is 0.271 e. The molecule has 0 bridgehead atoms. The molecular formula is C17H18ClN5O. The van der Waals surface area contributed by atoms with Crippen molar-refractivity contribution in [2.75, 3.05) is 7.05 Å². The van der Waals surface area contributed by atoms with E-state index in [0.29, 0.717) is 23.0 Å². The molecule has 0 fully saturated rings. The Kier molecular flexibility index (Phi) is 4.66. The van der Waals surface area contributed by atoms with Crippen LogP contribution in [0.4, 0.5) is 0 Å². The molecule has 1 aromatic carbocycles. The number of H-pyrrole nitrogens is 1. The van der Waals surface area contributed by atoms with E-state index in [1.807, 2.05) is 36.0 Å². The summed E-state index contributed by atoms with van der Waals surface area (Å²) in [6.45, 7) is 3.28. The van der Waals surface area contributed by atoms with E-state index in [2.05, 4.69) is 15.3 Å². The van der Waals surface area contributed by atoms with Gasteiger partial charge in [0.05, 0.1) is 17.9 Å². The highest BCUT2D eigenvalue weighted by molar-refractivity contribution is 6.30. The van der Waals surface area contributed by atoms with Gasteiger partial charge in [0.2, 0.25) is 0 Å². The van der Waals surface area contributed by atoms with Crippen molar-refractivity contribution in [1.82, 2.24) is 24.9 Å². The van der Waals surface area contributed by atoms with Crippen LogP contribution in [0.1, 0.15) is 23.1 Å². The number of carbonyl (C=O) groups is 1. The molecule has 3 rings (SSSR count). The fourth-order valence-electron chi connectivity index (χ4n) is 2.38. The summed E-state index contributed by atoms with van der Waals surface area (Å²) in [5, 5.41) is 12.1. The van der Waals surface area contributed by atoms with Crippen molar-refractivity contribution >= 4 is 17.5 Å². The maximum atomic E-state index is 12.5. The number of rotatable bonds is 5. The molecule has 0 atom stereocenters. The molecule has 0 unspecified atom stereocenters. The van der Waals surface area contributed by atoms with Crippen molar-refractivity contribution in [3.05, 3.63) is 59.0 Å². The van der Waals surface area contributed by atoms with Crippen LogP contribution in [0.15, 0.2) is 42.6 Å². The molecule has 2 heterocycles. The quantitative estimate of drug-likeness (QED) is 0.773. The highest BCUT2D eigenvalue weighted by Crippen LogP contribution is 2.20. The average Bonchev–Trinajstić information content (AvgIpc) is 3.24. The third kappa shape index (κ3) is 3.49. The van der Waals surface area contributed by atoms with Gasteiger partial charge in [0.1, 0.15) is 5.69 Å². The lowest BCUT2D eigenvalue weighted by Crippen LogP contribution is -2.26. The van der Waals surface area contributed by atoms with Crippen LogP contribution in [0.2, 0.25) is 5.02 Å². The number of nitrogens with zero attached hydrogens (tertiary/aromatic N) is 4. The van der Waals surface area contributed by atoms with E-state index in [4.69, 9.17) is 11.6 Å². The number of aromatic amines is 1. The van der Waals surface area contributed by atoms with Crippen LogP contribution in [0.3, 0.4) is 0 Å². The summed E-state index contributed by atoms with van der Waals surface area (Å²) in [4.78, 5) is 14.1. The summed E-state index contributed by atoms with van der Waals surface area (Å²) in [5.74, 6) is -0.131. The zero-order chi connectivity index (χ0) is 17.1. The van der Waals surface area contributed by atoms with Crippen LogP contribution in [0, 0.1) is 0 Å². The number of aryl methyl sites for hydroxylation is 1. The van der Waals surface area contributed by atoms with E-state index in [0.717, 1.165) is 17.8 Å². The predicted molar refractivity (Wildman–Crippen MR) is 92.7 cm³/mol. The number of nitrogens with one attached hydrogen (secondary N) is 1. The molecule has 24 heavy (non-hydrogen) atoms. The van der Waals surface area contributed by atoms with Crippen molar-refractivity contribution in [3.8, 4) is 11.3 Å². The first-order valence-corrected chi connectivity index (χ1v) is 8.03. The van der Waals surface area contributed by atoms with Crippen molar-refractivity contribution in [2.45, 2.75) is 20.0 Å². The molecule has 0 aliphatic rings. The predicted octanol–water partition coefficient (Wildman–Crippen LogP) is 3.22. The topological polar surface area (TPSA) is 66.8 Å². The molecular weight excluding hydrogens is 326 g/mol. The Morgan fingerprint density at radius 2 is 2.04 bits per heavy atom. The lowest BCUT2D eigenvalue weighted by atomic mass is 10.1. The molecule has 0 saturated carbocycles. The summed E-state index contributed by atoms with van der Waals surface area (Å²) in [6.07, 6.45) is 1.91. The fourth-order valence-corrected chi connectivity index (χ4v) is 2.51. The molecule has 0 radical (unpaired) electrons. The van der Waals surface area contributed by atoms with Crippen molar-refractivity contribution in [2.24, 2.45) is 0 Å². The second-order valence-electron chi connectivity index (χ2n) is 5.50. The van der Waals surface area contributed by atoms with Crippen molar-refractivity contribution < 1.29 is 4.79 Å². The monoisotopic (exact) mass is 343 g/mol. The highest BCUT2D eigenvalue weighted by Gasteiger charge is 2.16. The molecule has 7 heteroatoms. The van der Waals surface area contributed by atoms with Crippen LogP contribution in [-0.4, -0.2) is 37.8 Å². The molecule has 124 valence electrons. The number of hydrogen-bond donors (Lipinski definition) is 1. The van der Waals surface area contributed by atoms with Crippen LogP contribution in [-0.2, 0) is 13.1 Å². The molecule has 0 spiro atoms. The zero-order valence-corrected chi connectivity index (χ0v) is 14.3. The van der Waals surface area contributed by atoms with Gasteiger partial charge < -0.3 is 4.90 Å². The Morgan fingerprint density at radius 3 is 2.71 bits per heavy atom. The molecule has 0 saturated heterocycles. The number of benzene rings is 1. The Hall–Kier alpha value is -2.60. The van der Waals surface area contributed by atoms with Gasteiger partial charge in [0.15, 0.2) is 0 Å². The second-order valence-corrected chi connectivity index (χ2v) is 5.93. The van der Waals surface area contributed by atoms with Gasteiger partial charge in [0.25, 0.3) is 5.91 Å². The summed E-state index contributed by atoms with van der Waals surface area (Å²) >= 11 is 5.89. The van der Waals surface area contributed by atoms with Crippen LogP contribution < -0.4 is 0 Å². The SMILES string of the molecule is CCn1ccc(CN(C)C(=O)c2cc(-c3ccc(Cl)cc3)n[nH]2)n1. The summed E-state index contributed by atoms with van der Waals surface area (Å²) in [6, 6.07) is 11.0. The van der Waals surface area contributed by atoms with Gasteiger partial charge in [-0.3, -0.25) is 14.6 Å². The Morgan fingerprint density at radius 1 is 1.29 bits per heavy atom. The number of halogens is 1. The largest absolute Gasteiger partial charge is 0.334 e. The first-order valence-electron chi connectivity index (χ1n) is 7.66. The molecule has 0 aliphatic carbocycles. The third-order valence-corrected chi connectivity index (χ3v) is 3.97. The van der Waals surface area contributed by atoms with Crippen LogP contribution in [0.5, 0.6) is 0 Å². The number of carbonyl (C=O) groups excluding carboxylic acids is 1. The first kappa shape index (κ1) is 16.3. The van der Waals surface area contributed by atoms with Gasteiger partial charge in [-0.1, -0.05) is 23.7 Å². The zero-order valence-electron chi connectivity index (χ0n) is 13.5. The minimum Gasteiger partial charge on any atom is -0.334 e. The van der Waals surface area contributed by atoms with Gasteiger partial charge in [-0.05, 0) is 31.2 Å². The lowest BCUT2D eigenvalue weighted by Gasteiger charge is -2.14. The normalized spacial score (nSPS) is 10.8. The van der Waals surface area contributed by atoms with Crippen LogP contribution >= 0.6 is 11.6 Å². The van der Waals surface area contributed by atoms with Crippen molar-refractivity contribution in [3.63, 3.8) is 0 Å². The number of amides is 1. The minimum atomic E-state index is -0.131. The highest BCUT2D eigenvalue weighted by atomic mass is 35.5. The number of aromatic nitrogens is 4. The average molecular weight is 344 g/mol. The number of hydrogen-bond acceptors (Lipinski definition) is 3. The molecule has 0 aliphatic heterocycles. The minimum absolute atomic E-state index is 0.131. The Bertz CT molecular complexity index is 837. The Balaban J connectivity index is 1.71. The second kappa shape index (κ2) is 6.88. The van der Waals surface area contributed by atoms with E-state index in [1.165, 1.54) is 0 Å².